The molecule has 0 radical (unpaired) electrons. The maximum absolute atomic E-state index is 5.87. The molecule has 96 valence electrons. The van der Waals surface area contributed by atoms with Gasteiger partial charge < -0.3 is 5.32 Å². The molecule has 0 fully saturated rings. The van der Waals surface area contributed by atoms with Gasteiger partial charge in [0.25, 0.3) is 0 Å². The number of hydrogen-bond donors (Lipinski definition) is 1. The van der Waals surface area contributed by atoms with Crippen molar-refractivity contribution in [2.24, 2.45) is 0 Å². The van der Waals surface area contributed by atoms with Gasteiger partial charge in [0.05, 0.1) is 10.2 Å². The second-order valence-electron chi connectivity index (χ2n) is 4.42. The molecule has 0 atom stereocenters. The fourth-order valence-electron chi connectivity index (χ4n) is 1.94. The minimum Gasteiger partial charge on any atom is -0.357 e. The Morgan fingerprint density at radius 1 is 1.16 bits per heavy atom. The van der Waals surface area contributed by atoms with Crippen molar-refractivity contribution < 1.29 is 0 Å². The lowest BCUT2D eigenvalue weighted by atomic mass is 10.2. The van der Waals surface area contributed by atoms with Crippen LogP contribution in [0, 0.1) is 6.92 Å². The molecule has 0 bridgehead atoms. The van der Waals surface area contributed by atoms with Gasteiger partial charge in [0.15, 0.2) is 5.13 Å². The molecule has 1 N–H and O–H groups in total. The van der Waals surface area contributed by atoms with Crippen molar-refractivity contribution in [3.05, 3.63) is 58.6 Å². The number of nitrogens with one attached hydrogen (secondary N) is 1. The number of aryl methyl sites for hydroxylation is 1. The summed E-state index contributed by atoms with van der Waals surface area (Å²) < 4.78 is 1.22. The van der Waals surface area contributed by atoms with E-state index in [4.69, 9.17) is 11.6 Å². The van der Waals surface area contributed by atoms with E-state index < -0.39 is 0 Å². The van der Waals surface area contributed by atoms with Gasteiger partial charge in [0.2, 0.25) is 0 Å². The average Bonchev–Trinajstić information content (AvgIpc) is 2.83. The van der Waals surface area contributed by atoms with Crippen molar-refractivity contribution >= 4 is 38.3 Å². The summed E-state index contributed by atoms with van der Waals surface area (Å²) in [6.07, 6.45) is 0. The van der Waals surface area contributed by atoms with Gasteiger partial charge in [-0.25, -0.2) is 4.98 Å². The first-order valence-corrected chi connectivity index (χ1v) is 7.26. The van der Waals surface area contributed by atoms with E-state index in [1.165, 1.54) is 15.8 Å². The van der Waals surface area contributed by atoms with Crippen molar-refractivity contribution in [2.45, 2.75) is 13.5 Å². The SMILES string of the molecule is Cc1cccc2sc(NCc3ccc(Cl)cc3)nc12. The highest BCUT2D eigenvalue weighted by molar-refractivity contribution is 7.22. The summed E-state index contributed by atoms with van der Waals surface area (Å²) in [4.78, 5) is 4.63. The summed E-state index contributed by atoms with van der Waals surface area (Å²) >= 11 is 7.55. The van der Waals surface area contributed by atoms with Crippen molar-refractivity contribution in [1.29, 1.82) is 0 Å². The summed E-state index contributed by atoms with van der Waals surface area (Å²) in [6.45, 7) is 2.85. The molecule has 0 unspecified atom stereocenters. The van der Waals surface area contributed by atoms with Crippen molar-refractivity contribution in [3.8, 4) is 0 Å². The first-order chi connectivity index (χ1) is 9.22. The third-order valence-electron chi connectivity index (χ3n) is 2.98. The molecule has 0 spiro atoms. The maximum Gasteiger partial charge on any atom is 0.184 e. The fraction of sp³-hybridized carbons (Fsp3) is 0.133. The molecule has 0 aliphatic rings. The normalized spacial score (nSPS) is 10.8. The number of para-hydroxylation sites is 1. The molecule has 0 saturated heterocycles. The van der Waals surface area contributed by atoms with Crippen LogP contribution in [0.15, 0.2) is 42.5 Å². The lowest BCUT2D eigenvalue weighted by molar-refractivity contribution is 1.14. The summed E-state index contributed by atoms with van der Waals surface area (Å²) in [5.41, 5.74) is 3.50. The van der Waals surface area contributed by atoms with Crippen LogP contribution < -0.4 is 5.32 Å². The molecule has 1 aromatic heterocycles. The largest absolute Gasteiger partial charge is 0.357 e. The maximum atomic E-state index is 5.87. The van der Waals surface area contributed by atoms with E-state index in [-0.39, 0.29) is 0 Å². The minimum atomic E-state index is 0.760. The zero-order valence-corrected chi connectivity index (χ0v) is 12.1. The van der Waals surface area contributed by atoms with Gasteiger partial charge in [-0.05, 0) is 36.2 Å². The molecule has 3 rings (SSSR count). The topological polar surface area (TPSA) is 24.9 Å². The minimum absolute atomic E-state index is 0.760. The average molecular weight is 289 g/mol. The number of rotatable bonds is 3. The lowest BCUT2D eigenvalue weighted by Gasteiger charge is -2.02. The fourth-order valence-corrected chi connectivity index (χ4v) is 3.01. The Morgan fingerprint density at radius 2 is 1.95 bits per heavy atom. The van der Waals surface area contributed by atoms with E-state index in [9.17, 15) is 0 Å². The Hall–Kier alpha value is -1.58. The Morgan fingerprint density at radius 3 is 2.68 bits per heavy atom. The highest BCUT2D eigenvalue weighted by atomic mass is 35.5. The van der Waals surface area contributed by atoms with E-state index in [0.717, 1.165) is 22.2 Å². The standard InChI is InChI=1S/C15H13ClN2S/c1-10-3-2-4-13-14(10)18-15(19-13)17-9-11-5-7-12(16)8-6-11/h2-8H,9H2,1H3,(H,17,18). The predicted molar refractivity (Wildman–Crippen MR) is 83.1 cm³/mol. The number of benzene rings is 2. The molecular formula is C15H13ClN2S. The Labute approximate surface area is 121 Å². The monoisotopic (exact) mass is 288 g/mol. The van der Waals surface area contributed by atoms with Gasteiger partial charge >= 0.3 is 0 Å². The van der Waals surface area contributed by atoms with Crippen LogP contribution in [0.4, 0.5) is 5.13 Å². The molecule has 2 aromatic carbocycles. The highest BCUT2D eigenvalue weighted by Crippen LogP contribution is 2.28. The first kappa shape index (κ1) is 12.5. The second kappa shape index (κ2) is 5.19. The van der Waals surface area contributed by atoms with E-state index in [1.54, 1.807) is 11.3 Å². The van der Waals surface area contributed by atoms with Crippen molar-refractivity contribution in [1.82, 2.24) is 4.98 Å². The van der Waals surface area contributed by atoms with Crippen LogP contribution in [0.5, 0.6) is 0 Å². The third kappa shape index (κ3) is 2.72. The molecule has 2 nitrogen and oxygen atoms in total. The van der Waals surface area contributed by atoms with Crippen LogP contribution in [-0.2, 0) is 6.54 Å². The third-order valence-corrected chi connectivity index (χ3v) is 4.21. The molecular weight excluding hydrogens is 276 g/mol. The van der Waals surface area contributed by atoms with Crippen LogP contribution >= 0.6 is 22.9 Å². The molecule has 0 saturated carbocycles. The molecule has 19 heavy (non-hydrogen) atoms. The Kier molecular flexibility index (Phi) is 3.40. The number of nitrogens with zero attached hydrogens (tertiary/aromatic N) is 1. The molecule has 0 aliphatic carbocycles. The number of aromatic nitrogens is 1. The van der Waals surface area contributed by atoms with Gasteiger partial charge in [-0.15, -0.1) is 0 Å². The Bertz CT molecular complexity index is 704. The summed E-state index contributed by atoms with van der Waals surface area (Å²) in [6, 6.07) is 14.1. The Balaban J connectivity index is 1.78. The van der Waals surface area contributed by atoms with Gasteiger partial charge in [-0.2, -0.15) is 0 Å². The van der Waals surface area contributed by atoms with Gasteiger partial charge in [-0.3, -0.25) is 0 Å². The first-order valence-electron chi connectivity index (χ1n) is 6.07. The van der Waals surface area contributed by atoms with Crippen molar-refractivity contribution in [2.75, 3.05) is 5.32 Å². The highest BCUT2D eigenvalue weighted by Gasteiger charge is 2.05. The molecule has 4 heteroatoms. The zero-order valence-electron chi connectivity index (χ0n) is 10.5. The summed E-state index contributed by atoms with van der Waals surface area (Å²) in [7, 11) is 0. The molecule has 0 amide bonds. The molecule has 0 aliphatic heterocycles. The van der Waals surface area contributed by atoms with Crippen LogP contribution in [0.2, 0.25) is 5.02 Å². The zero-order chi connectivity index (χ0) is 13.2. The smallest absolute Gasteiger partial charge is 0.184 e. The van der Waals surface area contributed by atoms with Crippen LogP contribution in [0.3, 0.4) is 0 Å². The quantitative estimate of drug-likeness (QED) is 0.744. The van der Waals surface area contributed by atoms with Crippen LogP contribution in [0.25, 0.3) is 10.2 Å². The van der Waals surface area contributed by atoms with E-state index in [1.807, 2.05) is 24.3 Å². The number of halogens is 1. The van der Waals surface area contributed by atoms with Gasteiger partial charge in [-0.1, -0.05) is 47.2 Å². The lowest BCUT2D eigenvalue weighted by Crippen LogP contribution is -1.98. The summed E-state index contributed by atoms with van der Waals surface area (Å²) in [5.74, 6) is 0. The number of thiazole rings is 1. The predicted octanol–water partition coefficient (Wildman–Crippen LogP) is 4.87. The number of hydrogen-bond acceptors (Lipinski definition) is 3. The molecule has 1 heterocycles. The van der Waals surface area contributed by atoms with E-state index >= 15 is 0 Å². The molecule has 3 aromatic rings. The van der Waals surface area contributed by atoms with Gasteiger partial charge in [0, 0.05) is 11.6 Å². The van der Waals surface area contributed by atoms with Crippen LogP contribution in [0.1, 0.15) is 11.1 Å². The number of fused-ring (bicyclic) bond motifs is 1. The van der Waals surface area contributed by atoms with Crippen molar-refractivity contribution in [3.63, 3.8) is 0 Å². The number of anilines is 1. The van der Waals surface area contributed by atoms with E-state index in [0.29, 0.717) is 0 Å². The summed E-state index contributed by atoms with van der Waals surface area (Å²) in [5, 5.41) is 5.08. The van der Waals surface area contributed by atoms with E-state index in [2.05, 4.69) is 35.4 Å². The second-order valence-corrected chi connectivity index (χ2v) is 5.89. The van der Waals surface area contributed by atoms with Crippen LogP contribution in [-0.4, -0.2) is 4.98 Å². The van der Waals surface area contributed by atoms with Gasteiger partial charge in [0.1, 0.15) is 0 Å².